The van der Waals surface area contributed by atoms with E-state index >= 15 is 0 Å². The Bertz CT molecular complexity index is 990. The molecular formula is C19H18N4O3. The first kappa shape index (κ1) is 16.1. The summed E-state index contributed by atoms with van der Waals surface area (Å²) >= 11 is 0. The molecule has 4 rings (SSSR count). The lowest BCUT2D eigenvalue weighted by Gasteiger charge is -2.29. The van der Waals surface area contributed by atoms with Crippen LogP contribution in [0.1, 0.15) is 5.69 Å². The first-order valence-electron chi connectivity index (χ1n) is 8.31. The number of carbonyl (C=O) groups is 1. The van der Waals surface area contributed by atoms with Gasteiger partial charge < -0.3 is 20.1 Å². The van der Waals surface area contributed by atoms with Gasteiger partial charge in [-0.1, -0.05) is 6.07 Å². The molecule has 1 aliphatic rings. The number of para-hydroxylation sites is 1. The van der Waals surface area contributed by atoms with Gasteiger partial charge in [-0.3, -0.25) is 4.98 Å². The molecular weight excluding hydrogens is 332 g/mol. The summed E-state index contributed by atoms with van der Waals surface area (Å²) < 4.78 is 5.91. The zero-order valence-electron chi connectivity index (χ0n) is 14.3. The van der Waals surface area contributed by atoms with Gasteiger partial charge in [0.1, 0.15) is 6.61 Å². The van der Waals surface area contributed by atoms with E-state index in [1.165, 1.54) is 0 Å². The van der Waals surface area contributed by atoms with E-state index in [4.69, 9.17) is 14.8 Å². The third-order valence-corrected chi connectivity index (χ3v) is 4.41. The highest BCUT2D eigenvalue weighted by atomic mass is 16.5. The molecule has 0 fully saturated rings. The molecule has 2 aromatic heterocycles. The summed E-state index contributed by atoms with van der Waals surface area (Å²) in [4.78, 5) is 21.9. The van der Waals surface area contributed by atoms with Gasteiger partial charge in [0.05, 0.1) is 35.7 Å². The highest BCUT2D eigenvalue weighted by Gasteiger charge is 2.19. The molecule has 0 unspecified atom stereocenters. The van der Waals surface area contributed by atoms with E-state index in [9.17, 15) is 4.79 Å². The summed E-state index contributed by atoms with van der Waals surface area (Å²) in [6.07, 6.45) is 0.626. The van der Waals surface area contributed by atoms with Gasteiger partial charge in [-0.15, -0.1) is 0 Å². The zero-order chi connectivity index (χ0) is 18.1. The second kappa shape index (κ2) is 6.51. The minimum Gasteiger partial charge on any atom is -0.489 e. The van der Waals surface area contributed by atoms with Crippen molar-refractivity contribution in [2.24, 2.45) is 0 Å². The average molecular weight is 350 g/mol. The van der Waals surface area contributed by atoms with Crippen LogP contribution in [0.4, 0.5) is 10.5 Å². The second-order valence-electron chi connectivity index (χ2n) is 6.15. The van der Waals surface area contributed by atoms with Crippen LogP contribution in [0.2, 0.25) is 0 Å². The van der Waals surface area contributed by atoms with Gasteiger partial charge in [-0.2, -0.15) is 0 Å². The Morgan fingerprint density at radius 2 is 2.23 bits per heavy atom. The molecule has 7 nitrogen and oxygen atoms in total. The summed E-state index contributed by atoms with van der Waals surface area (Å²) in [6, 6.07) is 11.8. The average Bonchev–Trinajstić information content (AvgIpc) is 2.65. The number of carboxylic acid groups (broad SMARTS) is 1. The Hall–Kier alpha value is -3.35. The Labute approximate surface area is 150 Å². The number of benzene rings is 1. The fourth-order valence-corrected chi connectivity index (χ4v) is 3.05. The normalized spacial score (nSPS) is 13.2. The maximum Gasteiger partial charge on any atom is 0.404 e. The highest BCUT2D eigenvalue weighted by molar-refractivity contribution is 5.84. The molecule has 0 aliphatic carbocycles. The van der Waals surface area contributed by atoms with Crippen molar-refractivity contribution in [2.75, 3.05) is 25.1 Å². The minimum atomic E-state index is -1.08. The summed E-state index contributed by atoms with van der Waals surface area (Å²) in [5, 5.41) is 12.0. The molecule has 7 heteroatoms. The number of likely N-dealkylation sites (N-methyl/N-ethyl adjacent to an activating group) is 1. The number of rotatable bonds is 3. The number of aromatic nitrogens is 2. The first-order chi connectivity index (χ1) is 12.6. The summed E-state index contributed by atoms with van der Waals surface area (Å²) in [5.74, 6) is 0.843. The van der Waals surface area contributed by atoms with Gasteiger partial charge in [0.15, 0.2) is 5.75 Å². The Morgan fingerprint density at radius 1 is 1.35 bits per heavy atom. The van der Waals surface area contributed by atoms with E-state index in [2.05, 4.69) is 15.2 Å². The molecule has 0 spiro atoms. The van der Waals surface area contributed by atoms with Gasteiger partial charge in [0, 0.05) is 24.2 Å². The summed E-state index contributed by atoms with van der Waals surface area (Å²) in [5.41, 5.74) is 4.19. The van der Waals surface area contributed by atoms with Crippen molar-refractivity contribution in [2.45, 2.75) is 6.54 Å². The SMILES string of the molecule is CN1CCOc2c(-c3ccc4cnc(CNC(=O)O)cc4n3)cccc21. The predicted octanol–water partition coefficient (Wildman–Crippen LogP) is 2.89. The number of nitrogens with zero attached hydrogens (tertiary/aromatic N) is 3. The number of pyridine rings is 2. The maximum atomic E-state index is 10.7. The molecule has 0 bridgehead atoms. The van der Waals surface area contributed by atoms with Crippen molar-refractivity contribution >= 4 is 22.7 Å². The third kappa shape index (κ3) is 2.99. The second-order valence-corrected chi connectivity index (χ2v) is 6.15. The monoisotopic (exact) mass is 350 g/mol. The van der Waals surface area contributed by atoms with E-state index in [-0.39, 0.29) is 6.54 Å². The van der Waals surface area contributed by atoms with Crippen molar-refractivity contribution in [1.82, 2.24) is 15.3 Å². The van der Waals surface area contributed by atoms with Crippen molar-refractivity contribution in [3.8, 4) is 17.0 Å². The number of hydrogen-bond donors (Lipinski definition) is 2. The van der Waals surface area contributed by atoms with Gasteiger partial charge in [0.2, 0.25) is 0 Å². The number of hydrogen-bond acceptors (Lipinski definition) is 5. The van der Waals surface area contributed by atoms with E-state index in [1.54, 1.807) is 12.3 Å². The van der Waals surface area contributed by atoms with Crippen LogP contribution >= 0.6 is 0 Å². The minimum absolute atomic E-state index is 0.145. The van der Waals surface area contributed by atoms with Crippen LogP contribution < -0.4 is 15.0 Å². The van der Waals surface area contributed by atoms with Gasteiger partial charge >= 0.3 is 6.09 Å². The van der Waals surface area contributed by atoms with E-state index in [0.717, 1.165) is 40.1 Å². The lowest BCUT2D eigenvalue weighted by molar-refractivity contribution is 0.194. The van der Waals surface area contributed by atoms with Crippen LogP contribution in [0.15, 0.2) is 42.6 Å². The molecule has 1 aromatic carbocycles. The van der Waals surface area contributed by atoms with Crippen LogP contribution in [0.3, 0.4) is 0 Å². The maximum absolute atomic E-state index is 10.7. The number of fused-ring (bicyclic) bond motifs is 2. The fraction of sp³-hybridized carbons (Fsp3) is 0.211. The van der Waals surface area contributed by atoms with Crippen molar-refractivity contribution in [3.63, 3.8) is 0 Å². The van der Waals surface area contributed by atoms with Crippen molar-refractivity contribution < 1.29 is 14.6 Å². The molecule has 26 heavy (non-hydrogen) atoms. The Kier molecular flexibility index (Phi) is 4.04. The number of ether oxygens (including phenoxy) is 1. The molecule has 0 saturated carbocycles. The molecule has 132 valence electrons. The smallest absolute Gasteiger partial charge is 0.404 e. The van der Waals surface area contributed by atoms with Crippen LogP contribution in [-0.2, 0) is 6.54 Å². The molecule has 2 N–H and O–H groups in total. The van der Waals surface area contributed by atoms with Crippen LogP contribution in [-0.4, -0.2) is 41.4 Å². The van der Waals surface area contributed by atoms with Crippen molar-refractivity contribution in [3.05, 3.63) is 48.3 Å². The first-order valence-corrected chi connectivity index (χ1v) is 8.31. The molecule has 3 aromatic rings. The number of nitrogens with one attached hydrogen (secondary N) is 1. The van der Waals surface area contributed by atoms with Crippen LogP contribution in [0.5, 0.6) is 5.75 Å². The van der Waals surface area contributed by atoms with E-state index < -0.39 is 6.09 Å². The zero-order valence-corrected chi connectivity index (χ0v) is 14.3. The van der Waals surface area contributed by atoms with Gasteiger partial charge in [0.25, 0.3) is 0 Å². The van der Waals surface area contributed by atoms with Gasteiger partial charge in [-0.25, -0.2) is 9.78 Å². The topological polar surface area (TPSA) is 87.6 Å². The Balaban J connectivity index is 1.75. The molecule has 0 atom stereocenters. The summed E-state index contributed by atoms with van der Waals surface area (Å²) in [7, 11) is 2.05. The van der Waals surface area contributed by atoms with E-state index in [0.29, 0.717) is 12.3 Å². The van der Waals surface area contributed by atoms with E-state index in [1.807, 2.05) is 37.4 Å². The number of anilines is 1. The van der Waals surface area contributed by atoms with Crippen molar-refractivity contribution in [1.29, 1.82) is 0 Å². The van der Waals surface area contributed by atoms with Gasteiger partial charge in [-0.05, 0) is 30.3 Å². The third-order valence-electron chi connectivity index (χ3n) is 4.41. The number of amides is 1. The fourth-order valence-electron chi connectivity index (χ4n) is 3.05. The quantitative estimate of drug-likeness (QED) is 0.755. The largest absolute Gasteiger partial charge is 0.489 e. The molecule has 1 amide bonds. The van der Waals surface area contributed by atoms with Crippen LogP contribution in [0, 0.1) is 0 Å². The molecule has 0 radical (unpaired) electrons. The standard InChI is InChI=1S/C19H18N4O3/c1-23-7-8-26-18-14(3-2-4-17(18)23)15-6-5-12-10-20-13(9-16(12)22-15)11-21-19(24)25/h2-6,9-10,21H,7-8,11H2,1H3,(H,24,25). The molecule has 0 saturated heterocycles. The predicted molar refractivity (Wildman–Crippen MR) is 98.6 cm³/mol. The lowest BCUT2D eigenvalue weighted by Crippen LogP contribution is -2.29. The Morgan fingerprint density at radius 3 is 3.08 bits per heavy atom. The lowest BCUT2D eigenvalue weighted by atomic mass is 10.1. The molecule has 1 aliphatic heterocycles. The van der Waals surface area contributed by atoms with Crippen LogP contribution in [0.25, 0.3) is 22.2 Å². The highest BCUT2D eigenvalue weighted by Crippen LogP contribution is 2.39. The molecule has 3 heterocycles. The summed E-state index contributed by atoms with van der Waals surface area (Å²) in [6.45, 7) is 1.64.